The summed E-state index contributed by atoms with van der Waals surface area (Å²) in [5.41, 5.74) is 0.341. The zero-order valence-corrected chi connectivity index (χ0v) is 12.6. The molecule has 3 amide bonds. The maximum atomic E-state index is 12.3. The van der Waals surface area contributed by atoms with Crippen molar-refractivity contribution in [3.63, 3.8) is 0 Å². The number of hydrogen-bond donors (Lipinski definition) is 2. The molecule has 0 unspecified atom stereocenters. The molecule has 2 N–H and O–H groups in total. The van der Waals surface area contributed by atoms with Crippen molar-refractivity contribution in [3.05, 3.63) is 71.8 Å². The van der Waals surface area contributed by atoms with Crippen molar-refractivity contribution in [3.8, 4) is 0 Å². The van der Waals surface area contributed by atoms with E-state index < -0.39 is 11.6 Å². The average molecular weight is 449 g/mol. The number of imide groups is 1. The molecule has 2 aromatic carbocycles. The van der Waals surface area contributed by atoms with Crippen LogP contribution in [0.1, 0.15) is 11.1 Å². The monoisotopic (exact) mass is 449 g/mol. The van der Waals surface area contributed by atoms with Crippen molar-refractivity contribution in [2.75, 3.05) is 0 Å². The zero-order valence-electron chi connectivity index (χ0n) is 10.4. The number of urea groups is 1. The van der Waals surface area contributed by atoms with Crippen molar-refractivity contribution in [1.82, 2.24) is 10.6 Å². The summed E-state index contributed by atoms with van der Waals surface area (Å²) in [6.45, 7) is 0. The van der Waals surface area contributed by atoms with Crippen LogP contribution in [0.25, 0.3) is 0 Å². The Kier molecular flexibility index (Phi) is 4.09. The molecule has 1 aliphatic rings. The van der Waals surface area contributed by atoms with Gasteiger partial charge in [-0.15, -0.1) is 0 Å². The van der Waals surface area contributed by atoms with E-state index in [2.05, 4.69) is 10.6 Å². The first kappa shape index (κ1) is 14.5. The Morgan fingerprint density at radius 1 is 0.750 bits per heavy atom. The van der Waals surface area contributed by atoms with Gasteiger partial charge in [-0.2, -0.15) is 0 Å². The van der Waals surface area contributed by atoms with Gasteiger partial charge in [0.05, 0.1) is 0 Å². The minimum atomic E-state index is -1.14. The fourth-order valence-electron chi connectivity index (χ4n) is 2.40. The number of nitrogens with one attached hydrogen (secondary N) is 2. The smallest absolute Gasteiger partial charge is 0.316 e. The molecule has 0 aliphatic carbocycles. The van der Waals surface area contributed by atoms with Crippen LogP contribution in [0.15, 0.2) is 60.7 Å². The van der Waals surface area contributed by atoms with Gasteiger partial charge in [0.1, 0.15) is 0 Å². The van der Waals surface area contributed by atoms with Gasteiger partial charge in [-0.05, 0) is 11.1 Å². The molecule has 1 radical (unpaired) electrons. The summed E-state index contributed by atoms with van der Waals surface area (Å²) in [4.78, 5) is 23.9. The second-order valence-electron chi connectivity index (χ2n) is 4.39. The van der Waals surface area contributed by atoms with E-state index in [-0.39, 0.29) is 28.3 Å². The van der Waals surface area contributed by atoms with E-state index in [4.69, 9.17) is 0 Å². The molecule has 1 heterocycles. The molecule has 1 fully saturated rings. The van der Waals surface area contributed by atoms with Crippen LogP contribution in [0.5, 0.6) is 0 Å². The molecule has 105 valence electrons. The Morgan fingerprint density at radius 2 is 1.20 bits per heavy atom. The van der Waals surface area contributed by atoms with Gasteiger partial charge in [0.15, 0.2) is 5.54 Å². The van der Waals surface area contributed by atoms with Crippen LogP contribution in [0.3, 0.4) is 0 Å². The third-order valence-corrected chi connectivity index (χ3v) is 3.28. The Morgan fingerprint density at radius 3 is 1.55 bits per heavy atom. The van der Waals surface area contributed by atoms with E-state index in [1.54, 1.807) is 0 Å². The first-order valence-electron chi connectivity index (χ1n) is 5.98. The summed E-state index contributed by atoms with van der Waals surface area (Å²) < 4.78 is 0. The Balaban J connectivity index is 0.00000147. The molecule has 3 rings (SSSR count). The van der Waals surface area contributed by atoms with Gasteiger partial charge in [0, 0.05) is 22.4 Å². The van der Waals surface area contributed by atoms with Crippen LogP contribution in [-0.4, -0.2) is 11.9 Å². The maximum absolute atomic E-state index is 12.3. The van der Waals surface area contributed by atoms with E-state index in [1.165, 1.54) is 0 Å². The van der Waals surface area contributed by atoms with Crippen LogP contribution in [0, 0.1) is 0 Å². The van der Waals surface area contributed by atoms with Crippen molar-refractivity contribution < 1.29 is 32.0 Å². The minimum absolute atomic E-state index is 0. The minimum Gasteiger partial charge on any atom is -0.316 e. The quantitative estimate of drug-likeness (QED) is 0.543. The summed E-state index contributed by atoms with van der Waals surface area (Å²) in [5, 5.41) is 5.07. The molecule has 4 nitrogen and oxygen atoms in total. The van der Waals surface area contributed by atoms with E-state index in [0.29, 0.717) is 0 Å². The summed E-state index contributed by atoms with van der Waals surface area (Å²) in [7, 11) is 0. The van der Waals surface area contributed by atoms with E-state index in [0.717, 1.165) is 11.1 Å². The standard InChI is InChI=1S/C15H12N2O2.Au/c18-13-15(17-14(19)16-13,11-7-3-1-4-8-11)12-9-5-2-6-10-12;/h1-10H,(H2,16,17,18,19);. The first-order valence-corrected chi connectivity index (χ1v) is 5.98. The van der Waals surface area contributed by atoms with Crippen LogP contribution in [-0.2, 0) is 32.7 Å². The van der Waals surface area contributed by atoms with Crippen LogP contribution in [0.2, 0.25) is 0 Å². The summed E-state index contributed by atoms with van der Waals surface area (Å²) in [6, 6.07) is 18.0. The van der Waals surface area contributed by atoms with Gasteiger partial charge < -0.3 is 5.32 Å². The van der Waals surface area contributed by atoms with Crippen molar-refractivity contribution in [2.45, 2.75) is 5.54 Å². The van der Waals surface area contributed by atoms with E-state index in [9.17, 15) is 9.59 Å². The molecule has 0 atom stereocenters. The topological polar surface area (TPSA) is 58.2 Å². The second kappa shape index (κ2) is 5.63. The fraction of sp³-hybridized carbons (Fsp3) is 0.0667. The van der Waals surface area contributed by atoms with Gasteiger partial charge in [0.2, 0.25) is 0 Å². The Bertz CT molecular complexity index is 589. The third-order valence-electron chi connectivity index (χ3n) is 3.28. The van der Waals surface area contributed by atoms with E-state index >= 15 is 0 Å². The average Bonchev–Trinajstić information content (AvgIpc) is 2.76. The zero-order chi connectivity index (χ0) is 13.3. The Labute approximate surface area is 132 Å². The number of amides is 3. The molecular formula is C15H12AuN2O2. The largest absolute Gasteiger partial charge is 0.322 e. The molecule has 0 bridgehead atoms. The van der Waals surface area contributed by atoms with E-state index in [1.807, 2.05) is 60.7 Å². The first-order chi connectivity index (χ1) is 9.23. The van der Waals surface area contributed by atoms with Crippen molar-refractivity contribution >= 4 is 11.9 Å². The van der Waals surface area contributed by atoms with Gasteiger partial charge in [-0.3, -0.25) is 10.1 Å². The van der Waals surface area contributed by atoms with Crippen LogP contribution >= 0.6 is 0 Å². The van der Waals surface area contributed by atoms with Crippen LogP contribution < -0.4 is 10.6 Å². The molecule has 1 aliphatic heterocycles. The predicted molar refractivity (Wildman–Crippen MR) is 70.3 cm³/mol. The molecule has 1 saturated heterocycles. The molecule has 20 heavy (non-hydrogen) atoms. The predicted octanol–water partition coefficient (Wildman–Crippen LogP) is 1.77. The van der Waals surface area contributed by atoms with Crippen LogP contribution in [0.4, 0.5) is 4.79 Å². The van der Waals surface area contributed by atoms with Crippen molar-refractivity contribution in [1.29, 1.82) is 0 Å². The molecular weight excluding hydrogens is 437 g/mol. The SMILES string of the molecule is O=C1NC(=O)C(c2ccccc2)(c2ccccc2)N1.[Au]. The number of benzene rings is 2. The third kappa shape index (κ3) is 2.18. The Hall–Kier alpha value is -1.88. The number of carbonyl (C=O) groups is 2. The number of rotatable bonds is 2. The van der Waals surface area contributed by atoms with Gasteiger partial charge >= 0.3 is 6.03 Å². The van der Waals surface area contributed by atoms with Crippen molar-refractivity contribution in [2.24, 2.45) is 0 Å². The maximum Gasteiger partial charge on any atom is 0.322 e. The summed E-state index contributed by atoms with van der Waals surface area (Å²) in [5.74, 6) is -0.352. The summed E-state index contributed by atoms with van der Waals surface area (Å²) in [6.07, 6.45) is 0. The van der Waals surface area contributed by atoms with Gasteiger partial charge in [-0.1, -0.05) is 60.7 Å². The normalized spacial score (nSPS) is 16.0. The summed E-state index contributed by atoms with van der Waals surface area (Å²) >= 11 is 0. The number of hydrogen-bond acceptors (Lipinski definition) is 2. The molecule has 2 aromatic rings. The second-order valence-corrected chi connectivity index (χ2v) is 4.39. The fourth-order valence-corrected chi connectivity index (χ4v) is 2.40. The van der Waals surface area contributed by atoms with Gasteiger partial charge in [-0.25, -0.2) is 4.79 Å². The molecule has 0 spiro atoms. The molecule has 5 heteroatoms. The van der Waals surface area contributed by atoms with Gasteiger partial charge in [0.25, 0.3) is 5.91 Å². The molecule has 0 aromatic heterocycles. The molecule has 0 saturated carbocycles. The number of carbonyl (C=O) groups excluding carboxylic acids is 2.